The summed E-state index contributed by atoms with van der Waals surface area (Å²) in [7, 11) is 0. The second-order valence-corrected chi connectivity index (χ2v) is 7.03. The predicted octanol–water partition coefficient (Wildman–Crippen LogP) is 2.68. The van der Waals surface area contributed by atoms with Gasteiger partial charge in [-0.1, -0.05) is 37.6 Å². The number of nitrogens with zero attached hydrogens (tertiary/aromatic N) is 2. The summed E-state index contributed by atoms with van der Waals surface area (Å²) >= 11 is 0. The highest BCUT2D eigenvalue weighted by molar-refractivity contribution is 5.79. The quantitative estimate of drug-likeness (QED) is 0.936. The maximum Gasteiger partial charge on any atom is 0.256 e. The second kappa shape index (κ2) is 6.47. The molecule has 130 valence electrons. The lowest BCUT2D eigenvalue weighted by Gasteiger charge is -2.34. The Balaban J connectivity index is 1.60. The van der Waals surface area contributed by atoms with Crippen molar-refractivity contribution < 1.29 is 4.79 Å². The highest BCUT2D eigenvalue weighted by Gasteiger charge is 2.32. The fourth-order valence-corrected chi connectivity index (χ4v) is 3.56. The van der Waals surface area contributed by atoms with Crippen LogP contribution in [0.5, 0.6) is 0 Å². The summed E-state index contributed by atoms with van der Waals surface area (Å²) < 4.78 is 0. The van der Waals surface area contributed by atoms with E-state index in [1.165, 1.54) is 5.56 Å². The van der Waals surface area contributed by atoms with E-state index in [0.717, 1.165) is 36.9 Å². The van der Waals surface area contributed by atoms with Gasteiger partial charge in [0.15, 0.2) is 0 Å². The van der Waals surface area contributed by atoms with Crippen LogP contribution in [0, 0.1) is 5.92 Å². The number of H-pyrrole nitrogens is 1. The molecule has 1 N–H and O–H groups in total. The van der Waals surface area contributed by atoms with Crippen LogP contribution in [0.25, 0.3) is 11.4 Å². The minimum Gasteiger partial charge on any atom is -0.337 e. The SMILES string of the molecule is CCc1ccc(-c2nc3c(c(=O)[nH]2)CN(C(=O)C2CCC2)CC3)cc1. The number of benzene rings is 1. The first-order chi connectivity index (χ1) is 12.2. The first-order valence-corrected chi connectivity index (χ1v) is 9.16. The van der Waals surface area contributed by atoms with Gasteiger partial charge >= 0.3 is 0 Å². The molecule has 0 saturated heterocycles. The molecule has 4 rings (SSSR count). The number of carbonyl (C=O) groups excluding carboxylic acids is 1. The van der Waals surface area contributed by atoms with Crippen LogP contribution in [-0.2, 0) is 24.2 Å². The lowest BCUT2D eigenvalue weighted by atomic mass is 9.84. The van der Waals surface area contributed by atoms with Crippen LogP contribution in [0.15, 0.2) is 29.1 Å². The Morgan fingerprint density at radius 1 is 1.28 bits per heavy atom. The van der Waals surface area contributed by atoms with Crippen LogP contribution in [0.2, 0.25) is 0 Å². The van der Waals surface area contributed by atoms with Crippen molar-refractivity contribution in [1.29, 1.82) is 0 Å². The van der Waals surface area contributed by atoms with Crippen LogP contribution in [0.4, 0.5) is 0 Å². The van der Waals surface area contributed by atoms with Gasteiger partial charge in [0.2, 0.25) is 5.91 Å². The third kappa shape index (κ3) is 2.99. The highest BCUT2D eigenvalue weighted by atomic mass is 16.2. The Hall–Kier alpha value is -2.43. The van der Waals surface area contributed by atoms with Crippen LogP contribution in [-0.4, -0.2) is 27.3 Å². The van der Waals surface area contributed by atoms with Crippen molar-refractivity contribution in [2.24, 2.45) is 5.92 Å². The number of aromatic nitrogens is 2. The minimum absolute atomic E-state index is 0.120. The number of rotatable bonds is 3. The largest absolute Gasteiger partial charge is 0.337 e. The van der Waals surface area contributed by atoms with Gasteiger partial charge in [0.05, 0.1) is 17.8 Å². The molecule has 25 heavy (non-hydrogen) atoms. The van der Waals surface area contributed by atoms with Crippen molar-refractivity contribution in [3.05, 3.63) is 51.4 Å². The Labute approximate surface area is 147 Å². The Morgan fingerprint density at radius 2 is 2.04 bits per heavy atom. The number of aromatic amines is 1. The van der Waals surface area contributed by atoms with Crippen LogP contribution in [0.1, 0.15) is 43.0 Å². The van der Waals surface area contributed by atoms with Gasteiger partial charge in [-0.2, -0.15) is 0 Å². The molecule has 1 aliphatic heterocycles. The van der Waals surface area contributed by atoms with Crippen molar-refractivity contribution in [3.8, 4) is 11.4 Å². The molecule has 5 heteroatoms. The minimum atomic E-state index is -0.120. The monoisotopic (exact) mass is 337 g/mol. The van der Waals surface area contributed by atoms with Crippen LogP contribution >= 0.6 is 0 Å². The van der Waals surface area contributed by atoms with E-state index in [-0.39, 0.29) is 17.4 Å². The Bertz CT molecular complexity index is 850. The summed E-state index contributed by atoms with van der Waals surface area (Å²) in [6, 6.07) is 8.12. The Morgan fingerprint density at radius 3 is 2.68 bits per heavy atom. The molecule has 2 aromatic rings. The normalized spacial score (nSPS) is 17.1. The highest BCUT2D eigenvalue weighted by Crippen LogP contribution is 2.30. The molecule has 0 unspecified atom stereocenters. The molecule has 1 aliphatic carbocycles. The van der Waals surface area contributed by atoms with Crippen molar-refractivity contribution in [2.45, 2.75) is 45.6 Å². The summed E-state index contributed by atoms with van der Waals surface area (Å²) in [5.74, 6) is 0.991. The van der Waals surface area contributed by atoms with E-state index < -0.39 is 0 Å². The van der Waals surface area contributed by atoms with Gasteiger partial charge in [-0.3, -0.25) is 9.59 Å². The topological polar surface area (TPSA) is 66.1 Å². The molecule has 0 atom stereocenters. The number of hydrogen-bond donors (Lipinski definition) is 1. The number of amides is 1. The van der Waals surface area contributed by atoms with Crippen molar-refractivity contribution >= 4 is 5.91 Å². The fraction of sp³-hybridized carbons (Fsp3) is 0.450. The summed E-state index contributed by atoms with van der Waals surface area (Å²) in [6.45, 7) is 3.17. The molecular formula is C20H23N3O2. The lowest BCUT2D eigenvalue weighted by Crippen LogP contribution is -2.43. The maximum absolute atomic E-state index is 12.6. The van der Waals surface area contributed by atoms with Crippen molar-refractivity contribution in [2.75, 3.05) is 6.54 Å². The number of hydrogen-bond acceptors (Lipinski definition) is 3. The summed E-state index contributed by atoms with van der Waals surface area (Å²) in [5, 5.41) is 0. The molecule has 0 radical (unpaired) electrons. The van der Waals surface area contributed by atoms with Gasteiger partial charge in [0, 0.05) is 24.4 Å². The molecule has 2 heterocycles. The third-order valence-corrected chi connectivity index (χ3v) is 5.47. The van der Waals surface area contributed by atoms with E-state index in [0.29, 0.717) is 30.9 Å². The van der Waals surface area contributed by atoms with Crippen molar-refractivity contribution in [1.82, 2.24) is 14.9 Å². The van der Waals surface area contributed by atoms with E-state index in [1.807, 2.05) is 17.0 Å². The summed E-state index contributed by atoms with van der Waals surface area (Å²) in [6.07, 6.45) is 4.76. The van der Waals surface area contributed by atoms with Crippen LogP contribution in [0.3, 0.4) is 0 Å². The standard InChI is InChI=1S/C20H23N3O2/c1-2-13-6-8-14(9-7-13)18-21-17-10-11-23(12-16(17)19(24)22-18)20(25)15-4-3-5-15/h6-9,15H,2-5,10-12H2,1H3,(H,21,22,24). The molecule has 1 aromatic heterocycles. The van der Waals surface area contributed by atoms with E-state index in [4.69, 9.17) is 0 Å². The average Bonchev–Trinajstić information content (AvgIpc) is 2.60. The number of carbonyl (C=O) groups is 1. The zero-order chi connectivity index (χ0) is 17.4. The van der Waals surface area contributed by atoms with Gasteiger partial charge in [-0.15, -0.1) is 0 Å². The van der Waals surface area contributed by atoms with Gasteiger partial charge in [-0.05, 0) is 24.8 Å². The van der Waals surface area contributed by atoms with E-state index in [1.54, 1.807) is 0 Å². The molecule has 5 nitrogen and oxygen atoms in total. The molecule has 1 saturated carbocycles. The zero-order valence-electron chi connectivity index (χ0n) is 14.5. The predicted molar refractivity (Wildman–Crippen MR) is 96.1 cm³/mol. The van der Waals surface area contributed by atoms with E-state index in [2.05, 4.69) is 29.0 Å². The molecule has 1 aromatic carbocycles. The molecular weight excluding hydrogens is 314 g/mol. The fourth-order valence-electron chi connectivity index (χ4n) is 3.56. The van der Waals surface area contributed by atoms with E-state index in [9.17, 15) is 9.59 Å². The van der Waals surface area contributed by atoms with Gasteiger partial charge in [0.25, 0.3) is 5.56 Å². The number of nitrogens with one attached hydrogen (secondary N) is 1. The number of aryl methyl sites for hydroxylation is 1. The smallest absolute Gasteiger partial charge is 0.256 e. The summed E-state index contributed by atoms with van der Waals surface area (Å²) in [5.41, 5.74) is 3.54. The van der Waals surface area contributed by atoms with E-state index >= 15 is 0 Å². The maximum atomic E-state index is 12.6. The average molecular weight is 337 g/mol. The second-order valence-electron chi connectivity index (χ2n) is 7.03. The molecule has 1 amide bonds. The van der Waals surface area contributed by atoms with Gasteiger partial charge in [-0.25, -0.2) is 4.98 Å². The molecule has 2 aliphatic rings. The third-order valence-electron chi connectivity index (χ3n) is 5.47. The first kappa shape index (κ1) is 16.1. The van der Waals surface area contributed by atoms with Crippen LogP contribution < -0.4 is 5.56 Å². The molecule has 0 spiro atoms. The first-order valence-electron chi connectivity index (χ1n) is 9.16. The zero-order valence-corrected chi connectivity index (χ0v) is 14.5. The molecule has 0 bridgehead atoms. The number of fused-ring (bicyclic) bond motifs is 1. The van der Waals surface area contributed by atoms with Gasteiger partial charge < -0.3 is 9.88 Å². The summed E-state index contributed by atoms with van der Waals surface area (Å²) in [4.78, 5) is 34.4. The molecule has 1 fully saturated rings. The Kier molecular flexibility index (Phi) is 4.15. The van der Waals surface area contributed by atoms with Gasteiger partial charge in [0.1, 0.15) is 5.82 Å². The lowest BCUT2D eigenvalue weighted by molar-refractivity contribution is -0.139. The van der Waals surface area contributed by atoms with Crippen molar-refractivity contribution in [3.63, 3.8) is 0 Å².